The molecule has 1 aromatic rings. The van der Waals surface area contributed by atoms with Crippen LogP contribution in [0, 0.1) is 26.7 Å². The largest absolute Gasteiger partial charge is 0.381 e. The van der Waals surface area contributed by atoms with Gasteiger partial charge < -0.3 is 4.74 Å². The van der Waals surface area contributed by atoms with Gasteiger partial charge in [-0.3, -0.25) is 11.3 Å². The van der Waals surface area contributed by atoms with Crippen molar-refractivity contribution in [2.45, 2.75) is 39.7 Å². The minimum atomic E-state index is 0.245. The summed E-state index contributed by atoms with van der Waals surface area (Å²) in [6, 6.07) is 4.73. The smallest absolute Gasteiger partial charge is 0.0495 e. The molecule has 1 fully saturated rings. The van der Waals surface area contributed by atoms with Gasteiger partial charge in [0, 0.05) is 19.3 Å². The molecule has 1 aliphatic rings. The number of nitrogens with two attached hydrogens (primary N) is 1. The molecular weight excluding hydrogens is 224 g/mol. The van der Waals surface area contributed by atoms with Gasteiger partial charge in [0.15, 0.2) is 0 Å². The van der Waals surface area contributed by atoms with E-state index >= 15 is 0 Å². The van der Waals surface area contributed by atoms with E-state index in [0.717, 1.165) is 26.1 Å². The van der Waals surface area contributed by atoms with Gasteiger partial charge in [-0.2, -0.15) is 0 Å². The van der Waals surface area contributed by atoms with Crippen molar-refractivity contribution in [3.05, 3.63) is 34.4 Å². The number of benzene rings is 1. The first-order valence-electron chi connectivity index (χ1n) is 6.75. The molecule has 1 heterocycles. The lowest BCUT2D eigenvalue weighted by Gasteiger charge is -2.32. The van der Waals surface area contributed by atoms with Crippen molar-refractivity contribution < 1.29 is 4.74 Å². The average molecular weight is 248 g/mol. The lowest BCUT2D eigenvalue weighted by atomic mass is 9.83. The van der Waals surface area contributed by atoms with Crippen LogP contribution in [0.3, 0.4) is 0 Å². The van der Waals surface area contributed by atoms with E-state index in [2.05, 4.69) is 38.3 Å². The van der Waals surface area contributed by atoms with Crippen LogP contribution in [0.5, 0.6) is 0 Å². The summed E-state index contributed by atoms with van der Waals surface area (Å²) in [5, 5.41) is 0. The van der Waals surface area contributed by atoms with Crippen LogP contribution in [0.1, 0.15) is 41.1 Å². The predicted octanol–water partition coefficient (Wildman–Crippen LogP) is 2.54. The van der Waals surface area contributed by atoms with Gasteiger partial charge in [0.1, 0.15) is 0 Å². The first-order valence-corrected chi connectivity index (χ1v) is 6.75. The highest BCUT2D eigenvalue weighted by Crippen LogP contribution is 2.33. The summed E-state index contributed by atoms with van der Waals surface area (Å²) in [6.45, 7) is 8.21. The Bertz CT molecular complexity index is 388. The van der Waals surface area contributed by atoms with E-state index in [1.165, 1.54) is 22.3 Å². The highest BCUT2D eigenvalue weighted by Gasteiger charge is 2.26. The Labute approximate surface area is 110 Å². The highest BCUT2D eigenvalue weighted by molar-refractivity contribution is 5.40. The normalized spacial score (nSPS) is 18.9. The van der Waals surface area contributed by atoms with Gasteiger partial charge in [0.25, 0.3) is 0 Å². The van der Waals surface area contributed by atoms with Crippen molar-refractivity contribution >= 4 is 0 Å². The second-order valence-electron chi connectivity index (χ2n) is 5.41. The van der Waals surface area contributed by atoms with E-state index in [1.807, 2.05) is 0 Å². The molecule has 3 heteroatoms. The summed E-state index contributed by atoms with van der Waals surface area (Å²) in [5.74, 6) is 6.39. The maximum atomic E-state index is 5.82. The van der Waals surface area contributed by atoms with E-state index in [1.54, 1.807) is 0 Å². The predicted molar refractivity (Wildman–Crippen MR) is 74.3 cm³/mol. The van der Waals surface area contributed by atoms with Crippen molar-refractivity contribution in [2.75, 3.05) is 13.2 Å². The lowest BCUT2D eigenvalue weighted by Crippen LogP contribution is -2.37. The van der Waals surface area contributed by atoms with Gasteiger partial charge in [0.2, 0.25) is 0 Å². The van der Waals surface area contributed by atoms with Crippen LogP contribution in [0.4, 0.5) is 0 Å². The van der Waals surface area contributed by atoms with Crippen LogP contribution in [0.25, 0.3) is 0 Å². The molecule has 0 amide bonds. The van der Waals surface area contributed by atoms with Gasteiger partial charge in [-0.15, -0.1) is 0 Å². The standard InChI is InChI=1S/C15H24N2O/c1-10-8-11(2)14(12(3)9-10)15(17-16)13-4-6-18-7-5-13/h8-9,13,15,17H,4-7,16H2,1-3H3. The Kier molecular flexibility index (Phi) is 4.38. The van der Waals surface area contributed by atoms with Crippen LogP contribution < -0.4 is 11.3 Å². The second kappa shape index (κ2) is 5.83. The number of nitrogens with one attached hydrogen (secondary N) is 1. The minimum Gasteiger partial charge on any atom is -0.381 e. The molecule has 1 unspecified atom stereocenters. The van der Waals surface area contributed by atoms with Gasteiger partial charge >= 0.3 is 0 Å². The third-order valence-electron chi connectivity index (χ3n) is 3.97. The quantitative estimate of drug-likeness (QED) is 0.638. The van der Waals surface area contributed by atoms with Crippen molar-refractivity contribution in [3.63, 3.8) is 0 Å². The minimum absolute atomic E-state index is 0.245. The summed E-state index contributed by atoms with van der Waals surface area (Å²) >= 11 is 0. The van der Waals surface area contributed by atoms with Crippen LogP contribution in [0.2, 0.25) is 0 Å². The van der Waals surface area contributed by atoms with Crippen LogP contribution in [-0.2, 0) is 4.74 Å². The first kappa shape index (κ1) is 13.5. The fourth-order valence-corrected chi connectivity index (χ4v) is 3.19. The average Bonchev–Trinajstić information content (AvgIpc) is 2.34. The molecule has 0 bridgehead atoms. The highest BCUT2D eigenvalue weighted by atomic mass is 16.5. The monoisotopic (exact) mass is 248 g/mol. The molecule has 100 valence electrons. The Balaban J connectivity index is 2.32. The molecule has 1 saturated heterocycles. The van der Waals surface area contributed by atoms with E-state index in [-0.39, 0.29) is 6.04 Å². The van der Waals surface area contributed by atoms with Gasteiger partial charge in [-0.25, -0.2) is 0 Å². The summed E-state index contributed by atoms with van der Waals surface area (Å²) in [4.78, 5) is 0. The van der Waals surface area contributed by atoms with Crippen LogP contribution >= 0.6 is 0 Å². The summed E-state index contributed by atoms with van der Waals surface area (Å²) < 4.78 is 5.44. The van der Waals surface area contributed by atoms with Crippen molar-refractivity contribution in [2.24, 2.45) is 11.8 Å². The summed E-state index contributed by atoms with van der Waals surface area (Å²) in [6.07, 6.45) is 2.17. The first-order chi connectivity index (χ1) is 8.63. The van der Waals surface area contributed by atoms with Gasteiger partial charge in [-0.05, 0) is 56.2 Å². The van der Waals surface area contributed by atoms with Crippen LogP contribution in [0.15, 0.2) is 12.1 Å². The maximum Gasteiger partial charge on any atom is 0.0495 e. The molecule has 3 N–H and O–H groups in total. The number of ether oxygens (including phenoxy) is 1. The van der Waals surface area contributed by atoms with E-state index in [0.29, 0.717) is 5.92 Å². The molecule has 1 atom stereocenters. The molecule has 0 aromatic heterocycles. The zero-order valence-electron chi connectivity index (χ0n) is 11.6. The van der Waals surface area contributed by atoms with Crippen molar-refractivity contribution in [1.82, 2.24) is 5.43 Å². The number of hydrogen-bond donors (Lipinski definition) is 2. The second-order valence-corrected chi connectivity index (χ2v) is 5.41. The third kappa shape index (κ3) is 2.74. The number of rotatable bonds is 3. The van der Waals surface area contributed by atoms with E-state index in [4.69, 9.17) is 10.6 Å². The van der Waals surface area contributed by atoms with Crippen LogP contribution in [-0.4, -0.2) is 13.2 Å². The Hall–Kier alpha value is -0.900. The fraction of sp³-hybridized carbons (Fsp3) is 0.600. The summed E-state index contributed by atoms with van der Waals surface area (Å²) in [5.41, 5.74) is 8.39. The van der Waals surface area contributed by atoms with E-state index < -0.39 is 0 Å². The Morgan fingerprint density at radius 3 is 2.22 bits per heavy atom. The lowest BCUT2D eigenvalue weighted by molar-refractivity contribution is 0.0534. The fourth-order valence-electron chi connectivity index (χ4n) is 3.19. The zero-order valence-corrected chi connectivity index (χ0v) is 11.6. The Morgan fingerprint density at radius 1 is 1.17 bits per heavy atom. The Morgan fingerprint density at radius 2 is 1.72 bits per heavy atom. The zero-order chi connectivity index (χ0) is 13.1. The topological polar surface area (TPSA) is 47.3 Å². The molecule has 0 aliphatic carbocycles. The molecule has 1 aromatic carbocycles. The molecule has 0 radical (unpaired) electrons. The molecular formula is C15H24N2O. The SMILES string of the molecule is Cc1cc(C)c(C(NN)C2CCOCC2)c(C)c1. The third-order valence-corrected chi connectivity index (χ3v) is 3.97. The van der Waals surface area contributed by atoms with Crippen molar-refractivity contribution in [1.29, 1.82) is 0 Å². The van der Waals surface area contributed by atoms with E-state index in [9.17, 15) is 0 Å². The number of hydrazine groups is 1. The van der Waals surface area contributed by atoms with Gasteiger partial charge in [-0.1, -0.05) is 17.7 Å². The molecule has 1 aliphatic heterocycles. The molecule has 0 spiro atoms. The number of aryl methyl sites for hydroxylation is 3. The summed E-state index contributed by atoms with van der Waals surface area (Å²) in [7, 11) is 0. The molecule has 0 saturated carbocycles. The number of hydrogen-bond acceptors (Lipinski definition) is 3. The molecule has 18 heavy (non-hydrogen) atoms. The van der Waals surface area contributed by atoms with Gasteiger partial charge in [0.05, 0.1) is 0 Å². The molecule has 2 rings (SSSR count). The maximum absolute atomic E-state index is 5.82. The van der Waals surface area contributed by atoms with Crippen molar-refractivity contribution in [3.8, 4) is 0 Å². The molecule has 3 nitrogen and oxygen atoms in total.